The van der Waals surface area contributed by atoms with Gasteiger partial charge in [0.05, 0.1) is 337 Å². The number of halogens is 1. The largest absolute Gasteiger partial charge is 1.00 e. The minimum Gasteiger partial charge on any atom is -1.00 e. The molecule has 35 heteroatoms. The van der Waals surface area contributed by atoms with Gasteiger partial charge in [-0.2, -0.15) is 0 Å². The first kappa shape index (κ1) is 137. The van der Waals surface area contributed by atoms with Crippen LogP contribution in [0.1, 0.15) is 213 Å². The summed E-state index contributed by atoms with van der Waals surface area (Å²) in [5, 5.41) is 0. The molecule has 0 fully saturated rings. The SMILES string of the molecule is CCCCCCCCCCCCN1[CH]N(CCOCCOCCOCCOCCOCCOCCOCCOCCOC)C=C1.CCCCCCCCCCCCN1[CH]N(CCOCCOCCOCCOCCOCCOCCOCCOCCOC)C=C1.CCCCCCCCCCCCN1[CH]N(CCOCCOCCOCCOCCOCCOCCOCCOCCOC)C=C1.[Br-].[Pd]. The molecule has 3 rings (SSSR count). The van der Waals surface area contributed by atoms with E-state index in [2.05, 4.69) is 107 Å². The third-order valence-corrected chi connectivity index (χ3v) is 21.1. The molecule has 33 nitrogen and oxygen atoms in total. The molecule has 0 aromatic rings. The van der Waals surface area contributed by atoms with Crippen LogP contribution in [0, 0.1) is 20.0 Å². The van der Waals surface area contributed by atoms with E-state index in [1.807, 2.05) is 0 Å². The van der Waals surface area contributed by atoms with Gasteiger partial charge in [-0.3, -0.25) is 0 Å². The van der Waals surface area contributed by atoms with Gasteiger partial charge in [-0.1, -0.05) is 194 Å². The summed E-state index contributed by atoms with van der Waals surface area (Å²) in [6.07, 6.45) is 54.1. The summed E-state index contributed by atoms with van der Waals surface area (Å²) in [6.45, 7) is 47.9. The Morgan fingerprint density at radius 3 is 0.358 bits per heavy atom. The molecule has 137 heavy (non-hydrogen) atoms. The van der Waals surface area contributed by atoms with Crippen LogP contribution in [0.4, 0.5) is 0 Å². The first-order chi connectivity index (χ1) is 67.1. The third-order valence-electron chi connectivity index (χ3n) is 21.1. The Morgan fingerprint density at radius 2 is 0.234 bits per heavy atom. The molecule has 0 saturated heterocycles. The topological polar surface area (TPSA) is 269 Å². The monoisotopic (exact) mass is 2130 g/mol. The molecule has 0 aromatic carbocycles. The van der Waals surface area contributed by atoms with Crippen molar-refractivity contribution in [1.29, 1.82) is 0 Å². The summed E-state index contributed by atoms with van der Waals surface area (Å²) in [5.74, 6) is 0. The van der Waals surface area contributed by atoms with Crippen LogP contribution >= 0.6 is 0 Å². The van der Waals surface area contributed by atoms with Crippen molar-refractivity contribution in [2.75, 3.05) is 398 Å². The van der Waals surface area contributed by atoms with Gasteiger partial charge in [-0.25, -0.2) is 0 Å². The fourth-order valence-electron chi connectivity index (χ4n) is 13.3. The van der Waals surface area contributed by atoms with Crippen molar-refractivity contribution >= 4 is 0 Å². The average molecular weight is 2130 g/mol. The van der Waals surface area contributed by atoms with E-state index in [0.29, 0.717) is 337 Å². The van der Waals surface area contributed by atoms with Crippen LogP contribution in [0.5, 0.6) is 0 Å². The molecule has 3 heterocycles. The molecule has 0 bridgehead atoms. The van der Waals surface area contributed by atoms with Gasteiger partial charge in [0.1, 0.15) is 20.0 Å². The van der Waals surface area contributed by atoms with Crippen LogP contribution in [-0.4, -0.2) is 427 Å². The molecule has 0 spiro atoms. The zero-order valence-corrected chi connectivity index (χ0v) is 90.3. The van der Waals surface area contributed by atoms with Crippen molar-refractivity contribution in [2.24, 2.45) is 0 Å². The van der Waals surface area contributed by atoms with Crippen LogP contribution in [0.2, 0.25) is 0 Å². The molecule has 3 aliphatic heterocycles. The molecule has 3 radical (unpaired) electrons. The van der Waals surface area contributed by atoms with Crippen LogP contribution in [0.15, 0.2) is 37.2 Å². The van der Waals surface area contributed by atoms with Gasteiger partial charge in [0.25, 0.3) is 0 Å². The zero-order chi connectivity index (χ0) is 96.4. The number of hydrogen-bond donors (Lipinski definition) is 0. The number of unbranched alkanes of at least 4 members (excludes halogenated alkanes) is 27. The van der Waals surface area contributed by atoms with Crippen LogP contribution < -0.4 is 17.0 Å². The standard InChI is InChI=1S/3C34H67N2O9.BrH.Pd/c3*1-3-4-5-6-7-8-9-10-11-12-13-35-14-15-36(34-35)16-17-38-20-21-40-24-25-42-28-29-44-32-33-45-31-30-43-27-26-41-23-22-39-19-18-37-2;;/h3*14-15,34H,3-13,16-33H2,1-2H3;1H;/p-1. The van der Waals surface area contributed by atoms with Gasteiger partial charge in [0, 0.05) is 118 Å². The predicted molar refractivity (Wildman–Crippen MR) is 531 cm³/mol. The normalized spacial score (nSPS) is 12.9. The zero-order valence-electron chi connectivity index (χ0n) is 87.1. The molecular formula is C102H201BrN6O27Pd-. The van der Waals surface area contributed by atoms with E-state index in [1.165, 1.54) is 193 Å². The minimum atomic E-state index is 0. The number of methoxy groups -OCH3 is 3. The van der Waals surface area contributed by atoms with Crippen molar-refractivity contribution in [1.82, 2.24) is 29.4 Å². The van der Waals surface area contributed by atoms with Crippen molar-refractivity contribution in [2.45, 2.75) is 213 Å². The second kappa shape index (κ2) is 123. The van der Waals surface area contributed by atoms with Gasteiger partial charge in [-0.05, 0) is 19.3 Å². The van der Waals surface area contributed by atoms with Crippen LogP contribution in [-0.2, 0) is 148 Å². The smallest absolute Gasteiger partial charge is 0.141 e. The quantitative estimate of drug-likeness (QED) is 0.0404. The summed E-state index contributed by atoms with van der Waals surface area (Å²) < 4.78 is 147. The number of rotatable bonds is 114. The van der Waals surface area contributed by atoms with E-state index in [1.54, 1.807) is 21.3 Å². The Labute approximate surface area is 857 Å². The first-order valence-electron chi connectivity index (χ1n) is 52.6. The second-order valence-corrected chi connectivity index (χ2v) is 32.9. The molecule has 0 N–H and O–H groups in total. The van der Waals surface area contributed by atoms with Crippen molar-refractivity contribution < 1.29 is 165 Å². The van der Waals surface area contributed by atoms with E-state index in [-0.39, 0.29) is 37.4 Å². The maximum atomic E-state index is 5.71. The molecule has 0 atom stereocenters. The minimum absolute atomic E-state index is 0. The van der Waals surface area contributed by atoms with Crippen molar-refractivity contribution in [3.63, 3.8) is 0 Å². The van der Waals surface area contributed by atoms with E-state index in [0.717, 1.165) is 39.3 Å². The summed E-state index contributed by atoms with van der Waals surface area (Å²) in [7, 11) is 4.96. The molecule has 0 amide bonds. The van der Waals surface area contributed by atoms with Gasteiger partial charge in [0.2, 0.25) is 0 Å². The predicted octanol–water partition coefficient (Wildman–Crippen LogP) is 11.7. The summed E-state index contributed by atoms with van der Waals surface area (Å²) in [4.78, 5) is 13.4. The Balaban J connectivity index is 0. The van der Waals surface area contributed by atoms with Crippen molar-refractivity contribution in [3.05, 3.63) is 57.2 Å². The molecule has 3 aliphatic rings. The van der Waals surface area contributed by atoms with Crippen LogP contribution in [0.25, 0.3) is 0 Å². The Hall–Kier alpha value is -1.92. The molecular weight excluding hydrogens is 1930 g/mol. The molecule has 0 aromatic heterocycles. The molecule has 819 valence electrons. The summed E-state index contributed by atoms with van der Waals surface area (Å²) in [6, 6.07) is 0. The summed E-state index contributed by atoms with van der Waals surface area (Å²) >= 11 is 0. The fourth-order valence-corrected chi connectivity index (χ4v) is 13.3. The fraction of sp³-hybridized carbons (Fsp3) is 0.912. The maximum Gasteiger partial charge on any atom is 0.141 e. The average Bonchev–Trinajstić information content (AvgIpc) is 1.79. The first-order valence-corrected chi connectivity index (χ1v) is 52.6. The number of nitrogens with zero attached hydrogens (tertiary/aromatic N) is 6. The maximum absolute atomic E-state index is 5.71. The van der Waals surface area contributed by atoms with E-state index in [4.69, 9.17) is 128 Å². The van der Waals surface area contributed by atoms with Crippen molar-refractivity contribution in [3.8, 4) is 0 Å². The van der Waals surface area contributed by atoms with E-state index < -0.39 is 0 Å². The van der Waals surface area contributed by atoms with Gasteiger partial charge < -0.3 is 174 Å². The Bertz CT molecular complexity index is 2070. The van der Waals surface area contributed by atoms with Gasteiger partial charge in [-0.15, -0.1) is 0 Å². The number of hydrogen-bond acceptors (Lipinski definition) is 33. The third kappa shape index (κ3) is 111. The molecule has 0 unspecified atom stereocenters. The molecule has 0 aliphatic carbocycles. The number of ether oxygens (including phenoxy) is 27. The van der Waals surface area contributed by atoms with E-state index >= 15 is 0 Å². The Morgan fingerprint density at radius 1 is 0.131 bits per heavy atom. The molecule has 0 saturated carbocycles. The van der Waals surface area contributed by atoms with Crippen LogP contribution in [0.3, 0.4) is 0 Å². The van der Waals surface area contributed by atoms with Gasteiger partial charge >= 0.3 is 0 Å². The van der Waals surface area contributed by atoms with E-state index in [9.17, 15) is 0 Å². The second-order valence-electron chi connectivity index (χ2n) is 32.9. The van der Waals surface area contributed by atoms with Gasteiger partial charge in [0.15, 0.2) is 0 Å². The summed E-state index contributed by atoms with van der Waals surface area (Å²) in [5.41, 5.74) is 0. The Kier molecular flexibility index (Phi) is 123.